The zero-order valence-corrected chi connectivity index (χ0v) is 24.8. The first-order chi connectivity index (χ1) is 18.1. The minimum atomic E-state index is -0.959. The van der Waals surface area contributed by atoms with Gasteiger partial charge in [-0.05, 0) is 19.3 Å². The topological polar surface area (TPSA) is 63.6 Å². The summed E-state index contributed by atoms with van der Waals surface area (Å²) in [5, 5.41) is 9.27. The highest BCUT2D eigenvalue weighted by Crippen LogP contribution is 2.16. The van der Waals surface area contributed by atoms with Gasteiger partial charge < -0.3 is 9.84 Å². The van der Waals surface area contributed by atoms with Crippen LogP contribution in [-0.2, 0) is 14.3 Å². The van der Waals surface area contributed by atoms with Gasteiger partial charge in [0.05, 0.1) is 18.9 Å². The molecule has 0 aliphatic heterocycles. The average molecular weight is 523 g/mol. The normalized spacial score (nSPS) is 12.3. The van der Waals surface area contributed by atoms with Gasteiger partial charge in [0.1, 0.15) is 0 Å². The number of rotatable bonds is 29. The molecule has 0 aromatic rings. The van der Waals surface area contributed by atoms with Crippen molar-refractivity contribution < 1.29 is 19.4 Å². The van der Waals surface area contributed by atoms with Crippen LogP contribution in [0.3, 0.4) is 0 Å². The van der Waals surface area contributed by atoms with Gasteiger partial charge in [0.2, 0.25) is 0 Å². The van der Waals surface area contributed by atoms with Crippen molar-refractivity contribution in [2.45, 2.75) is 174 Å². The fourth-order valence-electron chi connectivity index (χ4n) is 4.82. The largest absolute Gasteiger partial charge is 0.481 e. The molecule has 4 heteroatoms. The van der Waals surface area contributed by atoms with Gasteiger partial charge in [0.25, 0.3) is 0 Å². The Morgan fingerprint density at radius 2 is 0.973 bits per heavy atom. The number of carbonyl (C=O) groups is 2. The first kappa shape index (κ1) is 35.7. The molecule has 0 amide bonds. The van der Waals surface area contributed by atoms with Crippen molar-refractivity contribution in [3.05, 3.63) is 12.2 Å². The number of carboxylic acids is 1. The lowest BCUT2D eigenvalue weighted by Crippen LogP contribution is -2.17. The Hall–Kier alpha value is -1.32. The Labute approximate surface area is 230 Å². The van der Waals surface area contributed by atoms with Gasteiger partial charge in [-0.25, -0.2) is 0 Å². The molecule has 0 saturated heterocycles. The molecular weight excluding hydrogens is 460 g/mol. The van der Waals surface area contributed by atoms with E-state index in [-0.39, 0.29) is 6.42 Å². The minimum Gasteiger partial charge on any atom is -0.481 e. The molecule has 0 aromatic heterocycles. The van der Waals surface area contributed by atoms with Crippen molar-refractivity contribution in [2.75, 3.05) is 6.61 Å². The van der Waals surface area contributed by atoms with Crippen molar-refractivity contribution >= 4 is 11.9 Å². The summed E-state index contributed by atoms with van der Waals surface area (Å²) >= 11 is 0. The average Bonchev–Trinajstić information content (AvgIpc) is 2.89. The number of unbranched alkanes of at least 4 members (excludes halogenated alkanes) is 22. The Kier molecular flexibility index (Phi) is 28.2. The van der Waals surface area contributed by atoms with Crippen LogP contribution in [0.25, 0.3) is 0 Å². The van der Waals surface area contributed by atoms with E-state index in [1.807, 2.05) is 13.0 Å². The fourth-order valence-corrected chi connectivity index (χ4v) is 4.82. The molecule has 0 radical (unpaired) electrons. The van der Waals surface area contributed by atoms with Crippen LogP contribution in [0.4, 0.5) is 0 Å². The van der Waals surface area contributed by atoms with Gasteiger partial charge in [-0.15, -0.1) is 0 Å². The second kappa shape index (κ2) is 29.2. The van der Waals surface area contributed by atoms with Crippen LogP contribution in [0.15, 0.2) is 12.2 Å². The van der Waals surface area contributed by atoms with Gasteiger partial charge in [-0.1, -0.05) is 161 Å². The molecular formula is C33H62O4. The molecule has 1 unspecified atom stereocenters. The van der Waals surface area contributed by atoms with Crippen molar-refractivity contribution in [3.8, 4) is 0 Å². The highest BCUT2D eigenvalue weighted by atomic mass is 16.5. The van der Waals surface area contributed by atoms with Crippen LogP contribution in [0.1, 0.15) is 174 Å². The van der Waals surface area contributed by atoms with Crippen molar-refractivity contribution in [1.29, 1.82) is 0 Å². The maximum absolute atomic E-state index is 11.6. The number of aliphatic carboxylic acids is 1. The van der Waals surface area contributed by atoms with Crippen LogP contribution < -0.4 is 0 Å². The molecule has 37 heavy (non-hydrogen) atoms. The molecule has 1 N–H and O–H groups in total. The lowest BCUT2D eigenvalue weighted by atomic mass is 10.0. The standard InChI is InChI=1S/C33H62O4/c1-3-5-6-7-8-9-10-11-12-13-14-15-16-17-18-19-20-21-22-23-24-25-26-27-28-31(33(35)36)30-32(34)37-29-4-2/h27-28,31H,3-26,29-30H2,1-2H3,(H,35,36)/b28-27+. The van der Waals surface area contributed by atoms with E-state index < -0.39 is 17.9 Å². The molecule has 0 heterocycles. The fraction of sp³-hybridized carbons (Fsp3) is 0.879. The Morgan fingerprint density at radius 3 is 1.32 bits per heavy atom. The molecule has 218 valence electrons. The SMILES string of the molecule is CCCCCCCCCCCCCCCCCCCCCCCC/C=C/C(CC(=O)OCCC)C(=O)O. The Morgan fingerprint density at radius 1 is 0.595 bits per heavy atom. The van der Waals surface area contributed by atoms with Crippen molar-refractivity contribution in [1.82, 2.24) is 0 Å². The number of allylic oxidation sites excluding steroid dienone is 1. The molecule has 0 saturated carbocycles. The first-order valence-electron chi connectivity index (χ1n) is 16.2. The highest BCUT2D eigenvalue weighted by molar-refractivity contribution is 5.80. The second-order valence-corrected chi connectivity index (χ2v) is 11.0. The number of carboxylic acid groups (broad SMARTS) is 1. The molecule has 4 nitrogen and oxygen atoms in total. The van der Waals surface area contributed by atoms with Crippen molar-refractivity contribution in [3.63, 3.8) is 0 Å². The van der Waals surface area contributed by atoms with Crippen LogP contribution in [-0.4, -0.2) is 23.7 Å². The summed E-state index contributed by atoms with van der Waals surface area (Å²) in [6.45, 7) is 4.56. The maximum Gasteiger partial charge on any atom is 0.310 e. The van der Waals surface area contributed by atoms with Crippen LogP contribution in [0.2, 0.25) is 0 Å². The highest BCUT2D eigenvalue weighted by Gasteiger charge is 2.18. The monoisotopic (exact) mass is 522 g/mol. The summed E-state index contributed by atoms with van der Waals surface area (Å²) in [7, 11) is 0. The number of ether oxygens (including phenoxy) is 1. The van der Waals surface area contributed by atoms with Gasteiger partial charge in [-0.3, -0.25) is 9.59 Å². The van der Waals surface area contributed by atoms with E-state index in [2.05, 4.69) is 6.92 Å². The summed E-state index contributed by atoms with van der Waals surface area (Å²) in [6, 6.07) is 0. The van der Waals surface area contributed by atoms with Gasteiger partial charge in [-0.2, -0.15) is 0 Å². The van der Waals surface area contributed by atoms with Crippen molar-refractivity contribution in [2.24, 2.45) is 5.92 Å². The van der Waals surface area contributed by atoms with Crippen LogP contribution in [0.5, 0.6) is 0 Å². The molecule has 1 atom stereocenters. The van der Waals surface area contributed by atoms with E-state index in [0.717, 1.165) is 19.3 Å². The smallest absolute Gasteiger partial charge is 0.310 e. The molecule has 0 bridgehead atoms. The summed E-state index contributed by atoms with van der Waals surface area (Å²) in [4.78, 5) is 22.9. The van der Waals surface area contributed by atoms with E-state index in [9.17, 15) is 14.7 Å². The molecule has 0 aromatic carbocycles. The first-order valence-corrected chi connectivity index (χ1v) is 16.2. The maximum atomic E-state index is 11.6. The zero-order chi connectivity index (χ0) is 27.2. The van der Waals surface area contributed by atoms with Crippen LogP contribution >= 0.6 is 0 Å². The summed E-state index contributed by atoms with van der Waals surface area (Å²) in [6.07, 6.45) is 35.6. The lowest BCUT2D eigenvalue weighted by molar-refractivity contribution is -0.150. The van der Waals surface area contributed by atoms with E-state index in [0.29, 0.717) is 6.61 Å². The number of esters is 1. The van der Waals surface area contributed by atoms with E-state index in [1.54, 1.807) is 6.08 Å². The van der Waals surface area contributed by atoms with E-state index >= 15 is 0 Å². The third-order valence-electron chi connectivity index (χ3n) is 7.26. The second-order valence-electron chi connectivity index (χ2n) is 11.0. The molecule has 0 rings (SSSR count). The lowest BCUT2D eigenvalue weighted by Gasteiger charge is -2.07. The Bertz CT molecular complexity index is 528. The van der Waals surface area contributed by atoms with Gasteiger partial charge >= 0.3 is 11.9 Å². The predicted octanol–water partition coefficient (Wildman–Crippen LogP) is 10.6. The third-order valence-corrected chi connectivity index (χ3v) is 7.26. The summed E-state index contributed by atoms with van der Waals surface area (Å²) in [5.74, 6) is -2.16. The Balaban J connectivity index is 3.35. The molecule has 0 fully saturated rings. The summed E-state index contributed by atoms with van der Waals surface area (Å²) in [5.41, 5.74) is 0. The minimum absolute atomic E-state index is 0.0782. The zero-order valence-electron chi connectivity index (χ0n) is 24.8. The number of hydrogen-bond donors (Lipinski definition) is 1. The summed E-state index contributed by atoms with van der Waals surface area (Å²) < 4.78 is 4.99. The predicted molar refractivity (Wildman–Crippen MR) is 158 cm³/mol. The van der Waals surface area contributed by atoms with Crippen LogP contribution in [0, 0.1) is 5.92 Å². The van der Waals surface area contributed by atoms with E-state index in [4.69, 9.17) is 4.74 Å². The van der Waals surface area contributed by atoms with Gasteiger partial charge in [0.15, 0.2) is 0 Å². The molecule has 0 aliphatic rings. The molecule has 0 aliphatic carbocycles. The quantitative estimate of drug-likeness (QED) is 0.0602. The molecule has 0 spiro atoms. The number of hydrogen-bond acceptors (Lipinski definition) is 3. The van der Waals surface area contributed by atoms with E-state index in [1.165, 1.54) is 135 Å². The van der Waals surface area contributed by atoms with Gasteiger partial charge in [0, 0.05) is 0 Å². The number of carbonyl (C=O) groups excluding carboxylic acids is 1. The third kappa shape index (κ3) is 27.5.